The van der Waals surface area contributed by atoms with Gasteiger partial charge in [0.1, 0.15) is 5.75 Å². The summed E-state index contributed by atoms with van der Waals surface area (Å²) in [6.45, 7) is 5.16. The fraction of sp³-hybridized carbons (Fsp3) is 0.532. The Morgan fingerprint density at radius 1 is 0.792 bits per heavy atom. The van der Waals surface area contributed by atoms with E-state index in [1.54, 1.807) is 4.90 Å². The van der Waals surface area contributed by atoms with Crippen LogP contribution in [0.1, 0.15) is 96.5 Å². The van der Waals surface area contributed by atoms with Gasteiger partial charge in [-0.15, -0.1) is 0 Å². The first kappa shape index (κ1) is 35.0. The van der Waals surface area contributed by atoms with Crippen molar-refractivity contribution in [2.45, 2.75) is 109 Å². The van der Waals surface area contributed by atoms with E-state index in [0.717, 1.165) is 79.7 Å². The van der Waals surface area contributed by atoms with Crippen LogP contribution < -0.4 is 4.74 Å². The molecule has 1 unspecified atom stereocenters. The zero-order valence-electron chi connectivity index (χ0n) is 31.4. The lowest BCUT2D eigenvalue weighted by Gasteiger charge is -2.71. The van der Waals surface area contributed by atoms with E-state index >= 15 is 0 Å². The number of allylic oxidation sites excluding steroid dienone is 4. The normalized spacial score (nSPS) is 37.4. The number of carbonyl (C=O) groups excluding carboxylic acids is 2. The lowest BCUT2D eigenvalue weighted by atomic mass is 9.32. The molecule has 3 aromatic rings. The second-order valence-corrected chi connectivity index (χ2v) is 18.2. The standard InChI is InChI=1S/C47H55NO5/c1-43-22-19-36(49)28-45(43)25-26-47(38(29-45)41(50)34-14-7-4-8-15-34)39(43)20-23-44(2)40(47)21-24-46(44,52)31-48(30-32-11-5-3-6-12-32)42(51)53-37-18-17-33-13-9-10-16-35(33)27-37/h3,5-6,9-13,16-18,25-27,29,34,36,39-40,49,52H,4,7-8,14-15,19-24,28,30-31H2,1-2H3/t36?,39-,40-,43-,44+,45+,46-,47-/m1/s1. The van der Waals surface area contributed by atoms with Gasteiger partial charge in [0.2, 0.25) is 0 Å². The Labute approximate surface area is 314 Å². The molecule has 8 atom stereocenters. The predicted octanol–water partition coefficient (Wildman–Crippen LogP) is 9.58. The van der Waals surface area contributed by atoms with Crippen molar-refractivity contribution in [3.8, 4) is 5.75 Å². The van der Waals surface area contributed by atoms with Crippen LogP contribution in [0.15, 0.2) is 96.6 Å². The van der Waals surface area contributed by atoms with Crippen molar-refractivity contribution in [3.63, 3.8) is 0 Å². The van der Waals surface area contributed by atoms with Gasteiger partial charge in [-0.2, -0.15) is 0 Å². The Kier molecular flexibility index (Phi) is 8.36. The van der Waals surface area contributed by atoms with Crippen LogP contribution in [0.5, 0.6) is 5.75 Å². The van der Waals surface area contributed by atoms with Gasteiger partial charge in [-0.05, 0) is 104 Å². The number of ketones is 1. The molecule has 2 N–H and O–H groups in total. The number of Topliss-reactive ketones (excluding diaryl/α,β-unsaturated/α-hetero) is 1. The quantitative estimate of drug-likeness (QED) is 0.238. The zero-order valence-corrected chi connectivity index (χ0v) is 31.4. The van der Waals surface area contributed by atoms with E-state index in [2.05, 4.69) is 32.1 Å². The van der Waals surface area contributed by atoms with Gasteiger partial charge in [-0.25, -0.2) is 4.79 Å². The number of amides is 1. The second kappa shape index (κ2) is 12.7. The van der Waals surface area contributed by atoms with Crippen LogP contribution >= 0.6 is 0 Å². The maximum Gasteiger partial charge on any atom is 0.415 e. The Bertz CT molecular complexity index is 1980. The smallest absolute Gasteiger partial charge is 0.410 e. The van der Waals surface area contributed by atoms with Gasteiger partial charge in [0.25, 0.3) is 0 Å². The maximum absolute atomic E-state index is 14.9. The van der Waals surface area contributed by atoms with Gasteiger partial charge in [-0.3, -0.25) is 4.79 Å². The lowest BCUT2D eigenvalue weighted by molar-refractivity contribution is -0.178. The molecular weight excluding hydrogens is 659 g/mol. The molecule has 0 aliphatic heterocycles. The summed E-state index contributed by atoms with van der Waals surface area (Å²) in [5.41, 5.74) is -0.623. The van der Waals surface area contributed by atoms with Crippen molar-refractivity contribution in [2.75, 3.05) is 6.54 Å². The minimum atomic E-state index is -1.18. The van der Waals surface area contributed by atoms with E-state index in [9.17, 15) is 19.8 Å². The molecule has 6 heteroatoms. The third kappa shape index (κ3) is 5.25. The third-order valence-corrected chi connectivity index (χ3v) is 15.8. The molecule has 53 heavy (non-hydrogen) atoms. The fourth-order valence-corrected chi connectivity index (χ4v) is 12.9. The molecular formula is C47H55NO5. The van der Waals surface area contributed by atoms with Crippen molar-refractivity contribution in [2.24, 2.45) is 39.4 Å². The first-order chi connectivity index (χ1) is 25.5. The van der Waals surface area contributed by atoms with Gasteiger partial charge >= 0.3 is 6.09 Å². The summed E-state index contributed by atoms with van der Waals surface area (Å²) in [7, 11) is 0. The topological polar surface area (TPSA) is 87.1 Å². The van der Waals surface area contributed by atoms with Crippen LogP contribution in [0.25, 0.3) is 10.8 Å². The molecule has 0 saturated heterocycles. The minimum absolute atomic E-state index is 0.0471. The van der Waals surface area contributed by atoms with Gasteiger partial charge in [0.15, 0.2) is 5.78 Å². The Hall–Kier alpha value is -3.74. The van der Waals surface area contributed by atoms with Crippen LogP contribution in [0, 0.1) is 39.4 Å². The number of hydrogen-bond donors (Lipinski definition) is 2. The lowest BCUT2D eigenvalue weighted by Crippen LogP contribution is -2.67. The van der Waals surface area contributed by atoms with Crippen LogP contribution in [-0.2, 0) is 11.3 Å². The van der Waals surface area contributed by atoms with Crippen LogP contribution in [0.2, 0.25) is 0 Å². The van der Waals surface area contributed by atoms with Crippen molar-refractivity contribution < 1.29 is 24.5 Å². The monoisotopic (exact) mass is 713 g/mol. The highest BCUT2D eigenvalue weighted by Crippen LogP contribution is 2.78. The van der Waals surface area contributed by atoms with Gasteiger partial charge < -0.3 is 19.8 Å². The molecule has 10 rings (SSSR count). The summed E-state index contributed by atoms with van der Waals surface area (Å²) in [6.07, 6.45) is 17.1. The van der Waals surface area contributed by atoms with Crippen molar-refractivity contribution in [3.05, 3.63) is 102 Å². The molecule has 3 aromatic carbocycles. The maximum atomic E-state index is 14.9. The molecule has 7 aliphatic rings. The number of nitrogens with zero attached hydrogens (tertiary/aromatic N) is 1. The van der Waals surface area contributed by atoms with Crippen LogP contribution in [0.4, 0.5) is 4.79 Å². The summed E-state index contributed by atoms with van der Waals surface area (Å²) in [5, 5.41) is 26.3. The number of ether oxygens (including phenoxy) is 1. The number of rotatable bonds is 7. The van der Waals surface area contributed by atoms with E-state index in [1.807, 2.05) is 72.8 Å². The number of hydrogen-bond acceptors (Lipinski definition) is 5. The highest BCUT2D eigenvalue weighted by atomic mass is 16.6. The summed E-state index contributed by atoms with van der Waals surface area (Å²) in [5.74, 6) is 1.16. The van der Waals surface area contributed by atoms with Crippen LogP contribution in [0.3, 0.4) is 0 Å². The second-order valence-electron chi connectivity index (χ2n) is 18.2. The average Bonchev–Trinajstić information content (AvgIpc) is 3.44. The molecule has 2 spiro atoms. The van der Waals surface area contributed by atoms with Crippen molar-refractivity contribution in [1.29, 1.82) is 0 Å². The SMILES string of the molecule is C[C@]12CC[C@H]3[C@]4(C=C[C@@]5(C=C4C(=O)C4CCCCC4)CC(O)CC[C@]35C)[C@@H]1CC[C@@]2(O)CN(Cc1ccccc1)C(=O)Oc1ccc2ccccc2c1. The molecule has 0 heterocycles. The van der Waals surface area contributed by atoms with E-state index < -0.39 is 22.5 Å². The molecule has 2 bridgehead atoms. The predicted molar refractivity (Wildman–Crippen MR) is 207 cm³/mol. The molecule has 7 aliphatic carbocycles. The summed E-state index contributed by atoms with van der Waals surface area (Å²) in [6, 6.07) is 23.7. The number of benzene rings is 3. The number of aliphatic hydroxyl groups excluding tert-OH is 1. The Balaban J connectivity index is 1.08. The summed E-state index contributed by atoms with van der Waals surface area (Å²) in [4.78, 5) is 30.9. The zero-order chi connectivity index (χ0) is 36.6. The first-order valence-corrected chi connectivity index (χ1v) is 20.4. The number of carbonyl (C=O) groups is 2. The van der Waals surface area contributed by atoms with Gasteiger partial charge in [0, 0.05) is 34.3 Å². The highest BCUT2D eigenvalue weighted by molar-refractivity contribution is 6.00. The largest absolute Gasteiger partial charge is 0.415 e. The van der Waals surface area contributed by atoms with Crippen molar-refractivity contribution >= 4 is 22.6 Å². The number of aliphatic hydroxyl groups is 2. The van der Waals surface area contributed by atoms with Crippen LogP contribution in [-0.4, -0.2) is 45.2 Å². The first-order valence-electron chi connectivity index (χ1n) is 20.4. The Morgan fingerprint density at radius 3 is 2.28 bits per heavy atom. The van der Waals surface area contributed by atoms with E-state index in [4.69, 9.17) is 4.74 Å². The molecule has 4 saturated carbocycles. The van der Waals surface area contributed by atoms with E-state index in [0.29, 0.717) is 30.9 Å². The molecule has 278 valence electrons. The molecule has 6 nitrogen and oxygen atoms in total. The average molecular weight is 714 g/mol. The number of fused-ring (bicyclic) bond motifs is 2. The Morgan fingerprint density at radius 2 is 1.49 bits per heavy atom. The van der Waals surface area contributed by atoms with E-state index in [1.165, 1.54) is 6.42 Å². The third-order valence-electron chi connectivity index (χ3n) is 15.8. The van der Waals surface area contributed by atoms with Gasteiger partial charge in [-0.1, -0.05) is 112 Å². The summed E-state index contributed by atoms with van der Waals surface area (Å²) < 4.78 is 6.10. The molecule has 4 fully saturated rings. The molecule has 1 amide bonds. The van der Waals surface area contributed by atoms with E-state index in [-0.39, 0.29) is 41.2 Å². The fourth-order valence-electron chi connectivity index (χ4n) is 12.9. The molecule has 0 aromatic heterocycles. The summed E-state index contributed by atoms with van der Waals surface area (Å²) >= 11 is 0. The molecule has 0 radical (unpaired) electrons. The van der Waals surface area contributed by atoms with Crippen molar-refractivity contribution in [1.82, 2.24) is 4.90 Å². The highest BCUT2D eigenvalue weighted by Gasteiger charge is 2.74. The minimum Gasteiger partial charge on any atom is -0.410 e. The van der Waals surface area contributed by atoms with Gasteiger partial charge in [0.05, 0.1) is 18.2 Å².